The molecule has 28 heavy (non-hydrogen) atoms. The van der Waals surface area contributed by atoms with Gasteiger partial charge >= 0.3 is 0 Å². The van der Waals surface area contributed by atoms with Crippen LogP contribution in [-0.4, -0.2) is 64.1 Å². The van der Waals surface area contributed by atoms with E-state index in [1.54, 1.807) is 23.5 Å². The van der Waals surface area contributed by atoms with Crippen molar-refractivity contribution in [2.24, 2.45) is 5.92 Å². The molecule has 5 nitrogen and oxygen atoms in total. The van der Waals surface area contributed by atoms with Gasteiger partial charge in [-0.05, 0) is 48.2 Å². The molecule has 1 atom stereocenters. The highest BCUT2D eigenvalue weighted by molar-refractivity contribution is 7.89. The third-order valence-electron chi connectivity index (χ3n) is 5.28. The maximum absolute atomic E-state index is 13.4. The summed E-state index contributed by atoms with van der Waals surface area (Å²) in [6.45, 7) is 3.63. The van der Waals surface area contributed by atoms with Crippen molar-refractivity contribution in [2.45, 2.75) is 17.7 Å². The highest BCUT2D eigenvalue weighted by Gasteiger charge is 2.29. The lowest BCUT2D eigenvalue weighted by molar-refractivity contribution is 0.147. The summed E-state index contributed by atoms with van der Waals surface area (Å²) in [6.07, 6.45) is 7.50. The van der Waals surface area contributed by atoms with Crippen molar-refractivity contribution in [1.29, 1.82) is 0 Å². The maximum Gasteiger partial charge on any atom is 0.243 e. The van der Waals surface area contributed by atoms with E-state index in [1.807, 2.05) is 30.3 Å². The van der Waals surface area contributed by atoms with Gasteiger partial charge in [0.15, 0.2) is 0 Å². The van der Waals surface area contributed by atoms with Crippen LogP contribution in [0.3, 0.4) is 0 Å². The Balaban J connectivity index is 1.83. The van der Waals surface area contributed by atoms with Gasteiger partial charge in [0.25, 0.3) is 0 Å². The number of hydrogen-bond acceptors (Lipinski definition) is 4. The molecule has 0 spiro atoms. The Morgan fingerprint density at radius 3 is 2.79 bits per heavy atom. The van der Waals surface area contributed by atoms with Crippen molar-refractivity contribution in [2.75, 3.05) is 46.4 Å². The molecule has 0 aromatic heterocycles. The molecule has 1 saturated heterocycles. The first kappa shape index (κ1) is 20.8. The molecule has 0 radical (unpaired) electrons. The first-order valence-electron chi connectivity index (χ1n) is 9.68. The van der Waals surface area contributed by atoms with Crippen LogP contribution in [0.25, 0.3) is 10.8 Å². The van der Waals surface area contributed by atoms with Crippen LogP contribution in [0.15, 0.2) is 47.4 Å². The molecule has 1 unspecified atom stereocenters. The maximum atomic E-state index is 13.4. The molecule has 1 heterocycles. The smallest absolute Gasteiger partial charge is 0.243 e. The highest BCUT2D eigenvalue weighted by atomic mass is 32.2. The number of benzene rings is 2. The van der Waals surface area contributed by atoms with Crippen molar-refractivity contribution in [3.8, 4) is 12.3 Å². The van der Waals surface area contributed by atoms with Crippen LogP contribution in [0, 0.1) is 18.3 Å². The Labute approximate surface area is 168 Å². The quantitative estimate of drug-likeness (QED) is 0.640. The van der Waals surface area contributed by atoms with E-state index < -0.39 is 10.0 Å². The molecule has 1 aliphatic heterocycles. The number of fused-ring (bicyclic) bond motifs is 1. The molecule has 1 aliphatic rings. The Morgan fingerprint density at radius 2 is 2.04 bits per heavy atom. The van der Waals surface area contributed by atoms with Crippen LogP contribution >= 0.6 is 0 Å². The van der Waals surface area contributed by atoms with Gasteiger partial charge in [-0.25, -0.2) is 8.42 Å². The summed E-state index contributed by atoms with van der Waals surface area (Å²) >= 11 is 0. The Hall–Kier alpha value is -1.91. The van der Waals surface area contributed by atoms with Crippen LogP contribution in [0.1, 0.15) is 12.8 Å². The molecule has 0 N–H and O–H groups in total. The van der Waals surface area contributed by atoms with Gasteiger partial charge in [-0.3, -0.25) is 4.90 Å². The molecule has 3 rings (SSSR count). The molecular weight excluding hydrogens is 372 g/mol. The van der Waals surface area contributed by atoms with Gasteiger partial charge in [-0.15, -0.1) is 6.42 Å². The summed E-state index contributed by atoms with van der Waals surface area (Å²) in [7, 11) is -2.01. The first-order valence-corrected chi connectivity index (χ1v) is 11.1. The summed E-state index contributed by atoms with van der Waals surface area (Å²) in [6, 6.07) is 13.1. The zero-order valence-electron chi connectivity index (χ0n) is 16.4. The first-order chi connectivity index (χ1) is 13.5. The second-order valence-electron chi connectivity index (χ2n) is 7.31. The van der Waals surface area contributed by atoms with Gasteiger partial charge in [0.1, 0.15) is 0 Å². The molecule has 6 heteroatoms. The van der Waals surface area contributed by atoms with Gasteiger partial charge < -0.3 is 4.74 Å². The normalized spacial score (nSPS) is 18.4. The summed E-state index contributed by atoms with van der Waals surface area (Å²) < 4.78 is 33.5. The van der Waals surface area contributed by atoms with E-state index >= 15 is 0 Å². The minimum atomic E-state index is -3.60. The number of terminal acetylenes is 1. The molecule has 1 fully saturated rings. The number of piperidine rings is 1. The average molecular weight is 401 g/mol. The Kier molecular flexibility index (Phi) is 7.08. The van der Waals surface area contributed by atoms with Gasteiger partial charge in [0.05, 0.1) is 18.0 Å². The number of ether oxygens (including phenoxy) is 1. The standard InChI is InChI=1S/C22H28N2O3S/c1-3-12-23-13-6-7-19(17-23)18-24(14-15-27-2)28(25,26)22-11-10-20-8-4-5-9-21(20)16-22/h1,4-5,8-11,16,19H,6-7,12-15,17-18H2,2H3. The molecule has 2 aromatic rings. The number of nitrogens with zero attached hydrogens (tertiary/aromatic N) is 2. The second kappa shape index (κ2) is 9.53. The van der Waals surface area contributed by atoms with E-state index in [-0.39, 0.29) is 5.92 Å². The summed E-state index contributed by atoms with van der Waals surface area (Å²) in [5, 5.41) is 1.95. The Morgan fingerprint density at radius 1 is 1.25 bits per heavy atom. The Bertz CT molecular complexity index is 936. The van der Waals surface area contributed by atoms with E-state index in [9.17, 15) is 8.42 Å². The predicted molar refractivity (Wildman–Crippen MR) is 113 cm³/mol. The fourth-order valence-corrected chi connectivity index (χ4v) is 5.38. The van der Waals surface area contributed by atoms with Crippen LogP contribution in [0.4, 0.5) is 0 Å². The van der Waals surface area contributed by atoms with E-state index in [4.69, 9.17) is 11.2 Å². The SMILES string of the molecule is C#CCN1CCCC(CN(CCOC)S(=O)(=O)c2ccc3ccccc3c2)C1. The number of sulfonamides is 1. The molecule has 0 amide bonds. The number of likely N-dealkylation sites (tertiary alicyclic amines) is 1. The van der Waals surface area contributed by atoms with Crippen molar-refractivity contribution in [3.05, 3.63) is 42.5 Å². The van der Waals surface area contributed by atoms with E-state index in [0.717, 1.165) is 36.7 Å². The fraction of sp³-hybridized carbons (Fsp3) is 0.455. The molecule has 0 bridgehead atoms. The molecule has 2 aromatic carbocycles. The van der Waals surface area contributed by atoms with Crippen LogP contribution in [-0.2, 0) is 14.8 Å². The zero-order valence-corrected chi connectivity index (χ0v) is 17.2. The van der Waals surface area contributed by atoms with Gasteiger partial charge in [-0.2, -0.15) is 4.31 Å². The molecule has 0 aliphatic carbocycles. The van der Waals surface area contributed by atoms with Crippen molar-refractivity contribution < 1.29 is 13.2 Å². The summed E-state index contributed by atoms with van der Waals surface area (Å²) in [4.78, 5) is 2.56. The lowest BCUT2D eigenvalue weighted by Gasteiger charge is -2.34. The van der Waals surface area contributed by atoms with Crippen molar-refractivity contribution >= 4 is 20.8 Å². The van der Waals surface area contributed by atoms with Crippen LogP contribution in [0.2, 0.25) is 0 Å². The lowest BCUT2D eigenvalue weighted by atomic mass is 9.98. The molecule has 0 saturated carbocycles. The highest BCUT2D eigenvalue weighted by Crippen LogP contribution is 2.24. The van der Waals surface area contributed by atoms with E-state index in [2.05, 4.69) is 10.8 Å². The third-order valence-corrected chi connectivity index (χ3v) is 7.14. The van der Waals surface area contributed by atoms with Crippen molar-refractivity contribution in [1.82, 2.24) is 9.21 Å². The minimum absolute atomic E-state index is 0.272. The topological polar surface area (TPSA) is 49.9 Å². The number of rotatable bonds is 8. The monoisotopic (exact) mass is 400 g/mol. The van der Waals surface area contributed by atoms with E-state index in [1.165, 1.54) is 0 Å². The summed E-state index contributed by atoms with van der Waals surface area (Å²) in [5.74, 6) is 2.97. The molecular formula is C22H28N2O3S. The van der Waals surface area contributed by atoms with Gasteiger partial charge in [0, 0.05) is 26.7 Å². The number of hydrogen-bond donors (Lipinski definition) is 0. The van der Waals surface area contributed by atoms with E-state index in [0.29, 0.717) is 31.1 Å². The third kappa shape index (κ3) is 4.92. The predicted octanol–water partition coefficient (Wildman–Crippen LogP) is 2.82. The summed E-state index contributed by atoms with van der Waals surface area (Å²) in [5.41, 5.74) is 0. The minimum Gasteiger partial charge on any atom is -0.383 e. The van der Waals surface area contributed by atoms with Gasteiger partial charge in [-0.1, -0.05) is 36.3 Å². The largest absolute Gasteiger partial charge is 0.383 e. The van der Waals surface area contributed by atoms with Gasteiger partial charge in [0.2, 0.25) is 10.0 Å². The molecule has 150 valence electrons. The van der Waals surface area contributed by atoms with Crippen LogP contribution in [0.5, 0.6) is 0 Å². The fourth-order valence-electron chi connectivity index (χ4n) is 3.84. The zero-order chi connectivity index (χ0) is 20.0. The lowest BCUT2D eigenvalue weighted by Crippen LogP contribution is -2.44. The number of methoxy groups -OCH3 is 1. The average Bonchev–Trinajstić information content (AvgIpc) is 2.71. The second-order valence-corrected chi connectivity index (χ2v) is 9.25. The van der Waals surface area contributed by atoms with Crippen molar-refractivity contribution in [3.63, 3.8) is 0 Å². The van der Waals surface area contributed by atoms with Crippen LogP contribution < -0.4 is 0 Å².